The molecule has 0 aliphatic heterocycles. The number of thiazole rings is 1. The zero-order valence-electron chi connectivity index (χ0n) is 14.8. The number of nitrogens with one attached hydrogen (secondary N) is 1. The maximum atomic E-state index is 12.4. The maximum Gasteiger partial charge on any atom is 0.277 e. The van der Waals surface area contributed by atoms with Crippen molar-refractivity contribution in [3.05, 3.63) is 35.0 Å². The van der Waals surface area contributed by atoms with Gasteiger partial charge in [-0.25, -0.2) is 4.98 Å². The van der Waals surface area contributed by atoms with Crippen LogP contribution in [0, 0.1) is 13.8 Å². The highest BCUT2D eigenvalue weighted by atomic mass is 32.2. The van der Waals surface area contributed by atoms with Gasteiger partial charge in [-0.15, -0.1) is 21.5 Å². The zero-order chi connectivity index (χ0) is 18.7. The molecule has 1 atom stereocenters. The smallest absolute Gasteiger partial charge is 0.277 e. The zero-order valence-corrected chi connectivity index (χ0v) is 16.4. The first-order valence-electron chi connectivity index (χ1n) is 7.86. The van der Waals surface area contributed by atoms with Crippen LogP contribution in [-0.4, -0.2) is 33.4 Å². The number of para-hydroxylation sites is 2. The van der Waals surface area contributed by atoms with Gasteiger partial charge in [-0.3, -0.25) is 4.79 Å². The Balaban J connectivity index is 1.67. The Morgan fingerprint density at radius 1 is 1.31 bits per heavy atom. The molecule has 2 aromatic heterocycles. The maximum absolute atomic E-state index is 12.4. The van der Waals surface area contributed by atoms with Crippen molar-refractivity contribution in [2.45, 2.75) is 31.2 Å². The Labute approximate surface area is 159 Å². The SMILES string of the molecule is COc1ccccc1NC(=O)C(C)Sc1nnc(-c2sc(C)nc2C)o1. The monoisotopic (exact) mass is 390 g/mol. The molecule has 0 saturated heterocycles. The molecule has 0 fully saturated rings. The first-order valence-corrected chi connectivity index (χ1v) is 9.56. The average Bonchev–Trinajstić information content (AvgIpc) is 3.21. The number of amides is 1. The van der Waals surface area contributed by atoms with Crippen molar-refractivity contribution >= 4 is 34.7 Å². The fraction of sp³-hybridized carbons (Fsp3) is 0.294. The Morgan fingerprint density at radius 2 is 2.08 bits per heavy atom. The number of ether oxygens (including phenoxy) is 1. The summed E-state index contributed by atoms with van der Waals surface area (Å²) < 4.78 is 10.9. The van der Waals surface area contributed by atoms with Gasteiger partial charge < -0.3 is 14.5 Å². The predicted molar refractivity (Wildman–Crippen MR) is 102 cm³/mol. The van der Waals surface area contributed by atoms with Crippen molar-refractivity contribution in [3.8, 4) is 16.5 Å². The van der Waals surface area contributed by atoms with E-state index in [0.717, 1.165) is 15.6 Å². The van der Waals surface area contributed by atoms with Crippen LogP contribution in [0.5, 0.6) is 5.75 Å². The third-order valence-corrected chi connectivity index (χ3v) is 5.51. The van der Waals surface area contributed by atoms with Crippen molar-refractivity contribution in [1.82, 2.24) is 15.2 Å². The minimum atomic E-state index is -0.419. The van der Waals surface area contributed by atoms with Crippen LogP contribution in [0.4, 0.5) is 5.69 Å². The molecular formula is C17H18N4O3S2. The number of hydrogen-bond acceptors (Lipinski definition) is 8. The van der Waals surface area contributed by atoms with Crippen LogP contribution in [-0.2, 0) is 4.79 Å². The van der Waals surface area contributed by atoms with Crippen LogP contribution >= 0.6 is 23.1 Å². The van der Waals surface area contributed by atoms with Crippen molar-refractivity contribution in [2.24, 2.45) is 0 Å². The fourth-order valence-electron chi connectivity index (χ4n) is 2.27. The number of hydrogen-bond donors (Lipinski definition) is 1. The molecule has 0 spiro atoms. The summed E-state index contributed by atoms with van der Waals surface area (Å²) in [5.74, 6) is 0.853. The summed E-state index contributed by atoms with van der Waals surface area (Å²) in [7, 11) is 1.56. The molecule has 0 saturated carbocycles. The Kier molecular flexibility index (Phi) is 5.58. The second-order valence-corrected chi connectivity index (χ2v) is 7.97. The van der Waals surface area contributed by atoms with Gasteiger partial charge >= 0.3 is 0 Å². The van der Waals surface area contributed by atoms with E-state index in [0.29, 0.717) is 22.6 Å². The highest BCUT2D eigenvalue weighted by molar-refractivity contribution is 8.00. The molecule has 3 aromatic rings. The largest absolute Gasteiger partial charge is 0.495 e. The Hall–Kier alpha value is -2.39. The second-order valence-electron chi connectivity index (χ2n) is 5.47. The summed E-state index contributed by atoms with van der Waals surface area (Å²) >= 11 is 2.71. The van der Waals surface area contributed by atoms with Gasteiger partial charge in [-0.1, -0.05) is 23.9 Å². The lowest BCUT2D eigenvalue weighted by molar-refractivity contribution is -0.115. The van der Waals surface area contributed by atoms with Crippen molar-refractivity contribution in [1.29, 1.82) is 0 Å². The highest BCUT2D eigenvalue weighted by Crippen LogP contribution is 2.32. The average molecular weight is 390 g/mol. The minimum Gasteiger partial charge on any atom is -0.495 e. The van der Waals surface area contributed by atoms with Gasteiger partial charge in [0.15, 0.2) is 0 Å². The lowest BCUT2D eigenvalue weighted by atomic mass is 10.3. The van der Waals surface area contributed by atoms with E-state index >= 15 is 0 Å². The van der Waals surface area contributed by atoms with Crippen LogP contribution in [0.15, 0.2) is 33.9 Å². The molecule has 7 nitrogen and oxygen atoms in total. The molecule has 0 bridgehead atoms. The predicted octanol–water partition coefficient (Wildman–Crippen LogP) is 3.94. The van der Waals surface area contributed by atoms with E-state index in [9.17, 15) is 4.79 Å². The van der Waals surface area contributed by atoms with E-state index in [2.05, 4.69) is 20.5 Å². The van der Waals surface area contributed by atoms with Gasteiger partial charge in [0, 0.05) is 0 Å². The van der Waals surface area contributed by atoms with Gasteiger partial charge in [0.2, 0.25) is 5.91 Å². The molecule has 136 valence electrons. The molecular weight excluding hydrogens is 372 g/mol. The van der Waals surface area contributed by atoms with E-state index in [1.54, 1.807) is 26.2 Å². The third kappa shape index (κ3) is 4.05. The summed E-state index contributed by atoms with van der Waals surface area (Å²) in [4.78, 5) is 17.6. The number of methoxy groups -OCH3 is 1. The molecule has 9 heteroatoms. The molecule has 3 rings (SSSR count). The third-order valence-electron chi connectivity index (χ3n) is 3.52. The number of thioether (sulfide) groups is 1. The minimum absolute atomic E-state index is 0.177. The highest BCUT2D eigenvalue weighted by Gasteiger charge is 2.21. The molecule has 0 radical (unpaired) electrons. The molecule has 2 heterocycles. The first-order chi connectivity index (χ1) is 12.5. The summed E-state index contributed by atoms with van der Waals surface area (Å²) in [6, 6.07) is 7.25. The second kappa shape index (κ2) is 7.88. The molecule has 0 aliphatic rings. The molecule has 1 unspecified atom stereocenters. The normalized spacial score (nSPS) is 12.0. The summed E-state index contributed by atoms with van der Waals surface area (Å²) in [6.07, 6.45) is 0. The van der Waals surface area contributed by atoms with Crippen molar-refractivity contribution in [3.63, 3.8) is 0 Å². The first kappa shape index (κ1) is 18.4. The number of aromatic nitrogens is 3. The topological polar surface area (TPSA) is 90.1 Å². The number of anilines is 1. The number of aryl methyl sites for hydroxylation is 2. The van der Waals surface area contributed by atoms with Crippen LogP contribution in [0.3, 0.4) is 0 Å². The molecule has 1 aromatic carbocycles. The molecule has 0 aliphatic carbocycles. The van der Waals surface area contributed by atoms with Crippen LogP contribution in [0.1, 0.15) is 17.6 Å². The Morgan fingerprint density at radius 3 is 2.77 bits per heavy atom. The number of benzene rings is 1. The lowest BCUT2D eigenvalue weighted by Crippen LogP contribution is -2.22. The van der Waals surface area contributed by atoms with E-state index in [1.165, 1.54) is 23.1 Å². The summed E-state index contributed by atoms with van der Waals surface area (Å²) in [6.45, 7) is 5.61. The van der Waals surface area contributed by atoms with E-state index in [1.807, 2.05) is 26.0 Å². The number of nitrogens with zero attached hydrogens (tertiary/aromatic N) is 3. The lowest BCUT2D eigenvalue weighted by Gasteiger charge is -2.12. The molecule has 1 amide bonds. The van der Waals surface area contributed by atoms with Gasteiger partial charge in [0.25, 0.3) is 11.1 Å². The number of carbonyl (C=O) groups excluding carboxylic acids is 1. The van der Waals surface area contributed by atoms with Gasteiger partial charge in [0.05, 0.1) is 28.7 Å². The van der Waals surface area contributed by atoms with E-state index in [4.69, 9.17) is 9.15 Å². The summed E-state index contributed by atoms with van der Waals surface area (Å²) in [5, 5.41) is 11.8. The van der Waals surface area contributed by atoms with Gasteiger partial charge in [0.1, 0.15) is 10.6 Å². The Bertz CT molecular complexity index is 922. The van der Waals surface area contributed by atoms with E-state index < -0.39 is 5.25 Å². The van der Waals surface area contributed by atoms with Crippen molar-refractivity contribution < 1.29 is 13.9 Å². The van der Waals surface area contributed by atoms with Gasteiger partial charge in [-0.2, -0.15) is 0 Å². The fourth-order valence-corrected chi connectivity index (χ4v) is 3.79. The quantitative estimate of drug-likeness (QED) is 0.638. The van der Waals surface area contributed by atoms with Crippen LogP contribution in [0.2, 0.25) is 0 Å². The molecule has 26 heavy (non-hydrogen) atoms. The van der Waals surface area contributed by atoms with Gasteiger partial charge in [-0.05, 0) is 32.9 Å². The summed E-state index contributed by atoms with van der Waals surface area (Å²) in [5.41, 5.74) is 1.48. The van der Waals surface area contributed by atoms with Crippen LogP contribution in [0.25, 0.3) is 10.8 Å². The standard InChI is InChI=1S/C17H18N4O3S2/c1-9-14(26-11(3)18-9)16-20-21-17(24-16)25-10(2)15(22)19-12-7-5-6-8-13(12)23-4/h5-8,10H,1-4H3,(H,19,22). The van der Waals surface area contributed by atoms with Crippen LogP contribution < -0.4 is 10.1 Å². The van der Waals surface area contributed by atoms with Crippen molar-refractivity contribution in [2.75, 3.05) is 12.4 Å². The number of rotatable bonds is 6. The number of carbonyl (C=O) groups is 1. The molecule has 1 N–H and O–H groups in total. The van der Waals surface area contributed by atoms with E-state index in [-0.39, 0.29) is 5.91 Å².